The zero-order chi connectivity index (χ0) is 18.5. The summed E-state index contributed by atoms with van der Waals surface area (Å²) in [5.41, 5.74) is 1.22. The molecule has 0 heterocycles. The molecular formula is C18H29BrN2O3. The summed E-state index contributed by atoms with van der Waals surface area (Å²) in [7, 11) is 1.62. The number of methoxy groups -OCH3 is 1. The molecule has 136 valence electrons. The average molecular weight is 401 g/mol. The van der Waals surface area contributed by atoms with Gasteiger partial charge in [-0.25, -0.2) is 5.84 Å². The zero-order valence-corrected chi connectivity index (χ0v) is 17.1. The van der Waals surface area contributed by atoms with E-state index in [1.165, 1.54) is 5.01 Å². The summed E-state index contributed by atoms with van der Waals surface area (Å²) in [6.07, 6.45) is 0.790. The Kier molecular flexibility index (Phi) is 7.70. The van der Waals surface area contributed by atoms with Gasteiger partial charge in [-0.3, -0.25) is 9.80 Å². The van der Waals surface area contributed by atoms with Crippen LogP contribution in [0.15, 0.2) is 16.6 Å². The monoisotopic (exact) mass is 400 g/mol. The van der Waals surface area contributed by atoms with E-state index in [9.17, 15) is 4.79 Å². The molecule has 0 aliphatic rings. The fourth-order valence-electron chi connectivity index (χ4n) is 2.80. The number of carbonyl (C=O) groups is 1. The predicted molar refractivity (Wildman–Crippen MR) is 100 cm³/mol. The van der Waals surface area contributed by atoms with Crippen molar-refractivity contribution in [3.63, 3.8) is 0 Å². The molecule has 1 unspecified atom stereocenters. The summed E-state index contributed by atoms with van der Waals surface area (Å²) >= 11 is 3.47. The molecule has 1 aromatic rings. The van der Waals surface area contributed by atoms with E-state index in [-0.39, 0.29) is 17.4 Å². The Morgan fingerprint density at radius 1 is 1.33 bits per heavy atom. The molecule has 0 saturated heterocycles. The molecule has 0 bridgehead atoms. The smallest absolute Gasteiger partial charge is 0.268 e. The molecule has 1 rings (SSSR count). The quantitative estimate of drug-likeness (QED) is 0.326. The van der Waals surface area contributed by atoms with Crippen molar-refractivity contribution >= 4 is 21.8 Å². The van der Waals surface area contributed by atoms with Gasteiger partial charge in [0.2, 0.25) is 0 Å². The van der Waals surface area contributed by atoms with Crippen LogP contribution in [0.4, 0.5) is 0 Å². The van der Waals surface area contributed by atoms with Crippen LogP contribution >= 0.6 is 15.9 Å². The number of nitrogens with two attached hydrogens (primary N) is 1. The largest absolute Gasteiger partial charge is 0.490 e. The summed E-state index contributed by atoms with van der Waals surface area (Å²) < 4.78 is 11.6. The molecule has 0 aliphatic heterocycles. The second kappa shape index (κ2) is 8.83. The van der Waals surface area contributed by atoms with Crippen molar-refractivity contribution < 1.29 is 14.3 Å². The topological polar surface area (TPSA) is 64.8 Å². The van der Waals surface area contributed by atoms with E-state index in [0.29, 0.717) is 24.5 Å². The van der Waals surface area contributed by atoms with Crippen LogP contribution in [0.5, 0.6) is 5.75 Å². The highest BCUT2D eigenvalue weighted by atomic mass is 79.9. The van der Waals surface area contributed by atoms with Crippen LogP contribution in [-0.4, -0.2) is 37.3 Å². The van der Waals surface area contributed by atoms with Crippen molar-refractivity contribution in [2.45, 2.75) is 47.1 Å². The first kappa shape index (κ1) is 20.9. The summed E-state index contributed by atoms with van der Waals surface area (Å²) in [6.45, 7) is 11.1. The van der Waals surface area contributed by atoms with Gasteiger partial charge in [0.25, 0.3) is 5.91 Å². The Morgan fingerprint density at radius 3 is 2.46 bits per heavy atom. The van der Waals surface area contributed by atoms with Gasteiger partial charge in [0.15, 0.2) is 0 Å². The maximum absolute atomic E-state index is 12.9. The van der Waals surface area contributed by atoms with E-state index >= 15 is 0 Å². The van der Waals surface area contributed by atoms with E-state index in [4.69, 9.17) is 15.3 Å². The Bertz CT molecular complexity index is 570. The first-order valence-electron chi connectivity index (χ1n) is 8.14. The number of amides is 1. The maximum atomic E-state index is 12.9. The van der Waals surface area contributed by atoms with Crippen molar-refractivity contribution in [2.24, 2.45) is 11.3 Å². The third-order valence-corrected chi connectivity index (χ3v) is 4.70. The molecule has 0 fully saturated rings. The van der Waals surface area contributed by atoms with Crippen LogP contribution in [-0.2, 0) is 4.74 Å². The molecule has 0 spiro atoms. The highest BCUT2D eigenvalue weighted by molar-refractivity contribution is 9.10. The van der Waals surface area contributed by atoms with E-state index in [2.05, 4.69) is 36.7 Å². The number of rotatable bonds is 7. The van der Waals surface area contributed by atoms with E-state index < -0.39 is 0 Å². The number of benzene rings is 1. The first-order valence-corrected chi connectivity index (χ1v) is 8.93. The van der Waals surface area contributed by atoms with Gasteiger partial charge in [0, 0.05) is 18.2 Å². The van der Waals surface area contributed by atoms with Gasteiger partial charge in [0.05, 0.1) is 17.1 Å². The first-order chi connectivity index (χ1) is 11.1. The van der Waals surface area contributed by atoms with Crippen molar-refractivity contribution in [1.29, 1.82) is 0 Å². The normalized spacial score (nSPS) is 12.8. The lowest BCUT2D eigenvalue weighted by Crippen LogP contribution is -2.51. The minimum Gasteiger partial charge on any atom is -0.490 e. The van der Waals surface area contributed by atoms with Crippen LogP contribution in [0.3, 0.4) is 0 Å². The average Bonchev–Trinajstić information content (AvgIpc) is 2.49. The maximum Gasteiger partial charge on any atom is 0.268 e. The number of carbonyl (C=O) groups excluding carboxylic acids is 1. The second-order valence-electron chi connectivity index (χ2n) is 6.89. The van der Waals surface area contributed by atoms with E-state index in [0.717, 1.165) is 16.5 Å². The van der Waals surface area contributed by atoms with Crippen molar-refractivity contribution in [1.82, 2.24) is 5.01 Å². The zero-order valence-electron chi connectivity index (χ0n) is 15.5. The van der Waals surface area contributed by atoms with Gasteiger partial charge >= 0.3 is 0 Å². The summed E-state index contributed by atoms with van der Waals surface area (Å²) in [6, 6.07) is 3.54. The lowest BCUT2D eigenvalue weighted by atomic mass is 9.84. The fourth-order valence-corrected chi connectivity index (χ4v) is 3.35. The highest BCUT2D eigenvalue weighted by Crippen LogP contribution is 2.33. The summed E-state index contributed by atoms with van der Waals surface area (Å²) in [5, 5.41) is 1.36. The van der Waals surface area contributed by atoms with Crippen molar-refractivity contribution in [3.05, 3.63) is 27.7 Å². The van der Waals surface area contributed by atoms with Gasteiger partial charge in [-0.2, -0.15) is 0 Å². The molecule has 0 aromatic heterocycles. The fraction of sp³-hybridized carbons (Fsp3) is 0.611. The van der Waals surface area contributed by atoms with E-state index in [1.54, 1.807) is 13.2 Å². The van der Waals surface area contributed by atoms with Gasteiger partial charge in [-0.1, -0.05) is 27.7 Å². The number of hydrazine groups is 1. The molecule has 0 radical (unpaired) electrons. The molecule has 1 atom stereocenters. The second-order valence-corrected chi connectivity index (χ2v) is 7.75. The van der Waals surface area contributed by atoms with Crippen molar-refractivity contribution in [3.8, 4) is 5.75 Å². The predicted octanol–water partition coefficient (Wildman–Crippen LogP) is 3.92. The van der Waals surface area contributed by atoms with Crippen LogP contribution in [0.2, 0.25) is 0 Å². The van der Waals surface area contributed by atoms with Crippen LogP contribution in [0.25, 0.3) is 0 Å². The molecule has 6 heteroatoms. The number of hydrogen-bond acceptors (Lipinski definition) is 4. The molecule has 1 amide bonds. The van der Waals surface area contributed by atoms with Crippen LogP contribution in [0.1, 0.15) is 50.0 Å². The Morgan fingerprint density at radius 2 is 1.96 bits per heavy atom. The summed E-state index contributed by atoms with van der Waals surface area (Å²) in [5.74, 6) is 6.63. The van der Waals surface area contributed by atoms with Crippen LogP contribution in [0, 0.1) is 12.3 Å². The standard InChI is InChI=1S/C18H29BrN2O3/c1-7-15(18(3,4)5)21(20)17(22)13-8-9-14(19)16(12(13)2)24-11-10-23-6/h8-9,15H,7,10-11,20H2,1-6H3. The minimum absolute atomic E-state index is 0.0501. The third kappa shape index (κ3) is 4.94. The molecular weight excluding hydrogens is 372 g/mol. The molecule has 0 aliphatic carbocycles. The number of ether oxygens (including phenoxy) is 2. The van der Waals surface area contributed by atoms with Gasteiger partial charge < -0.3 is 9.47 Å². The summed E-state index contributed by atoms with van der Waals surface area (Å²) in [4.78, 5) is 12.9. The number of halogens is 1. The van der Waals surface area contributed by atoms with Gasteiger partial charge in [-0.15, -0.1) is 0 Å². The van der Waals surface area contributed by atoms with Gasteiger partial charge in [-0.05, 0) is 46.8 Å². The van der Waals surface area contributed by atoms with E-state index in [1.807, 2.05) is 19.9 Å². The SMILES string of the molecule is CCC(N(N)C(=O)c1ccc(Br)c(OCCOC)c1C)C(C)(C)C. The Balaban J connectivity index is 3.12. The van der Waals surface area contributed by atoms with Gasteiger partial charge in [0.1, 0.15) is 12.4 Å². The lowest BCUT2D eigenvalue weighted by molar-refractivity contribution is 0.0504. The Labute approximate surface area is 153 Å². The highest BCUT2D eigenvalue weighted by Gasteiger charge is 2.31. The minimum atomic E-state index is -0.196. The Hall–Kier alpha value is -1.11. The third-order valence-electron chi connectivity index (χ3n) is 4.08. The molecule has 24 heavy (non-hydrogen) atoms. The lowest BCUT2D eigenvalue weighted by Gasteiger charge is -2.37. The molecule has 0 saturated carbocycles. The van der Waals surface area contributed by atoms with Crippen molar-refractivity contribution in [2.75, 3.05) is 20.3 Å². The number of hydrogen-bond donors (Lipinski definition) is 1. The molecule has 5 nitrogen and oxygen atoms in total. The molecule has 2 N–H and O–H groups in total. The molecule has 1 aromatic carbocycles. The number of nitrogens with zero attached hydrogens (tertiary/aromatic N) is 1. The van der Waals surface area contributed by atoms with Crippen LogP contribution < -0.4 is 10.6 Å².